The lowest BCUT2D eigenvalue weighted by molar-refractivity contribution is 0.312. The van der Waals surface area contributed by atoms with Crippen molar-refractivity contribution in [3.05, 3.63) is 57.0 Å². The van der Waals surface area contributed by atoms with E-state index in [1.807, 2.05) is 46.6 Å². The molecule has 4 heterocycles. The van der Waals surface area contributed by atoms with Crippen molar-refractivity contribution in [2.45, 2.75) is 31.7 Å². The number of hydrogen-bond acceptors (Lipinski definition) is 5. The third-order valence-electron chi connectivity index (χ3n) is 5.98. The molecule has 5 rings (SSSR count). The van der Waals surface area contributed by atoms with Crippen molar-refractivity contribution in [1.29, 1.82) is 0 Å². The molecule has 2 N–H and O–H groups in total. The Morgan fingerprint density at radius 2 is 2.23 bits per heavy atom. The Bertz CT molecular complexity index is 1110. The Morgan fingerprint density at radius 3 is 3.06 bits per heavy atom. The van der Waals surface area contributed by atoms with E-state index in [0.717, 1.165) is 40.3 Å². The standard InChI is InChI=1S/C23H25BrClN5S/c24-19-14-28-30-22(12-21(29-23(19)30)18-5-1-2-6-20(18)25)27-13-15-7-8-26-16(10-15)11-17-4-3-9-31-17/h1-2,4-6,12,14-16,26-27H,3,7-11,13H2. The molecule has 0 radical (unpaired) electrons. The molecule has 0 spiro atoms. The monoisotopic (exact) mass is 517 g/mol. The first-order valence-corrected chi connectivity index (χ1v) is 12.9. The molecule has 2 aliphatic heterocycles. The van der Waals surface area contributed by atoms with Crippen molar-refractivity contribution < 1.29 is 0 Å². The topological polar surface area (TPSA) is 54.2 Å². The van der Waals surface area contributed by atoms with Gasteiger partial charge >= 0.3 is 0 Å². The fourth-order valence-corrected chi connectivity index (χ4v) is 6.04. The zero-order valence-electron chi connectivity index (χ0n) is 17.2. The molecule has 2 aromatic heterocycles. The van der Waals surface area contributed by atoms with E-state index in [0.29, 0.717) is 17.0 Å². The number of fused-ring (bicyclic) bond motifs is 1. The normalized spacial score (nSPS) is 21.4. The molecule has 0 saturated carbocycles. The lowest BCUT2D eigenvalue weighted by Crippen LogP contribution is -2.40. The van der Waals surface area contributed by atoms with E-state index < -0.39 is 0 Å². The van der Waals surface area contributed by atoms with E-state index in [-0.39, 0.29) is 0 Å². The first kappa shape index (κ1) is 21.3. The summed E-state index contributed by atoms with van der Waals surface area (Å²) >= 11 is 12.1. The second-order valence-electron chi connectivity index (χ2n) is 8.17. The highest BCUT2D eigenvalue weighted by molar-refractivity contribution is 9.10. The maximum atomic E-state index is 6.45. The zero-order valence-corrected chi connectivity index (χ0v) is 20.3. The molecule has 1 aromatic carbocycles. The van der Waals surface area contributed by atoms with Crippen LogP contribution in [0.3, 0.4) is 0 Å². The predicted molar refractivity (Wildman–Crippen MR) is 134 cm³/mol. The van der Waals surface area contributed by atoms with Crippen molar-refractivity contribution in [3.63, 3.8) is 0 Å². The minimum atomic E-state index is 0.576. The number of nitrogens with one attached hydrogen (secondary N) is 2. The second-order valence-corrected chi connectivity index (χ2v) is 10.7. The van der Waals surface area contributed by atoms with Crippen LogP contribution in [-0.2, 0) is 0 Å². The Morgan fingerprint density at radius 1 is 1.32 bits per heavy atom. The van der Waals surface area contributed by atoms with E-state index in [1.165, 1.54) is 31.4 Å². The van der Waals surface area contributed by atoms with Crippen LogP contribution in [0, 0.1) is 5.92 Å². The molecule has 2 unspecified atom stereocenters. The first-order chi connectivity index (χ1) is 15.2. The molecule has 162 valence electrons. The van der Waals surface area contributed by atoms with Crippen molar-refractivity contribution in [3.8, 4) is 11.3 Å². The third kappa shape index (κ3) is 4.80. The van der Waals surface area contributed by atoms with Crippen LogP contribution in [0.5, 0.6) is 0 Å². The molecular weight excluding hydrogens is 494 g/mol. The van der Waals surface area contributed by atoms with Gasteiger partial charge in [-0.2, -0.15) is 9.61 Å². The molecule has 0 amide bonds. The number of allylic oxidation sites excluding steroid dienone is 1. The molecule has 1 saturated heterocycles. The van der Waals surface area contributed by atoms with Gasteiger partial charge in [0, 0.05) is 35.0 Å². The Kier molecular flexibility index (Phi) is 6.55. The quantitative estimate of drug-likeness (QED) is 0.419. The Hall–Kier alpha value is -1.54. The van der Waals surface area contributed by atoms with Crippen molar-refractivity contribution >= 4 is 50.8 Å². The predicted octanol–water partition coefficient (Wildman–Crippen LogP) is 6.00. The molecule has 3 aromatic rings. The lowest BCUT2D eigenvalue weighted by atomic mass is 9.90. The fourth-order valence-electron chi connectivity index (χ4n) is 4.41. The SMILES string of the molecule is Clc1ccccc1-c1cc(NCC2CCNC(CC3=CCCS3)C2)n2ncc(Br)c2n1. The van der Waals surface area contributed by atoms with E-state index in [2.05, 4.69) is 37.7 Å². The van der Waals surface area contributed by atoms with E-state index in [9.17, 15) is 0 Å². The first-order valence-electron chi connectivity index (χ1n) is 10.8. The van der Waals surface area contributed by atoms with Gasteiger partial charge in [-0.1, -0.05) is 35.9 Å². The molecule has 2 aliphatic rings. The summed E-state index contributed by atoms with van der Waals surface area (Å²) in [6, 6.07) is 10.4. The summed E-state index contributed by atoms with van der Waals surface area (Å²) in [6.07, 6.45) is 8.97. The number of aromatic nitrogens is 3. The Labute approximate surface area is 200 Å². The minimum Gasteiger partial charge on any atom is -0.370 e. The molecular formula is C23H25BrClN5S. The molecule has 1 fully saturated rings. The summed E-state index contributed by atoms with van der Waals surface area (Å²) in [7, 11) is 0. The second kappa shape index (κ2) is 9.53. The highest BCUT2D eigenvalue weighted by Crippen LogP contribution is 2.32. The van der Waals surface area contributed by atoms with Gasteiger partial charge in [0.15, 0.2) is 5.65 Å². The number of hydrogen-bond donors (Lipinski definition) is 2. The van der Waals surface area contributed by atoms with Gasteiger partial charge in [-0.3, -0.25) is 0 Å². The van der Waals surface area contributed by atoms with Gasteiger partial charge in [0.2, 0.25) is 0 Å². The largest absolute Gasteiger partial charge is 0.370 e. The third-order valence-corrected chi connectivity index (χ3v) is 8.01. The number of anilines is 1. The number of nitrogens with zero attached hydrogens (tertiary/aromatic N) is 3. The average molecular weight is 519 g/mol. The molecule has 8 heteroatoms. The van der Waals surface area contributed by atoms with E-state index in [1.54, 1.807) is 11.1 Å². The molecule has 0 aliphatic carbocycles. The van der Waals surface area contributed by atoms with Gasteiger partial charge in [0.1, 0.15) is 5.82 Å². The van der Waals surface area contributed by atoms with Crippen LogP contribution in [-0.4, -0.2) is 39.5 Å². The molecule has 31 heavy (non-hydrogen) atoms. The summed E-state index contributed by atoms with van der Waals surface area (Å²) in [5.74, 6) is 2.82. The number of benzene rings is 1. The van der Waals surface area contributed by atoms with Gasteiger partial charge in [0.05, 0.1) is 16.4 Å². The molecule has 5 nitrogen and oxygen atoms in total. The summed E-state index contributed by atoms with van der Waals surface area (Å²) in [5, 5.41) is 12.6. The van der Waals surface area contributed by atoms with Crippen LogP contribution >= 0.6 is 39.3 Å². The lowest BCUT2D eigenvalue weighted by Gasteiger charge is -2.31. The fraction of sp³-hybridized carbons (Fsp3) is 0.391. The van der Waals surface area contributed by atoms with E-state index in [4.69, 9.17) is 16.6 Å². The van der Waals surface area contributed by atoms with Gasteiger partial charge in [-0.15, -0.1) is 11.8 Å². The Balaban J connectivity index is 1.34. The van der Waals surface area contributed by atoms with Crippen LogP contribution in [0.25, 0.3) is 16.9 Å². The summed E-state index contributed by atoms with van der Waals surface area (Å²) in [6.45, 7) is 2.00. The van der Waals surface area contributed by atoms with Crippen LogP contribution in [0.4, 0.5) is 5.82 Å². The number of piperidine rings is 1. The van der Waals surface area contributed by atoms with Crippen LogP contribution < -0.4 is 10.6 Å². The van der Waals surface area contributed by atoms with Gasteiger partial charge in [-0.25, -0.2) is 4.98 Å². The van der Waals surface area contributed by atoms with Crippen LogP contribution in [0.15, 0.2) is 52.0 Å². The molecule has 0 bridgehead atoms. The van der Waals surface area contributed by atoms with Crippen LogP contribution in [0.2, 0.25) is 5.02 Å². The minimum absolute atomic E-state index is 0.576. The summed E-state index contributed by atoms with van der Waals surface area (Å²) in [5.41, 5.74) is 2.55. The van der Waals surface area contributed by atoms with Crippen molar-refractivity contribution in [2.24, 2.45) is 5.92 Å². The number of halogens is 2. The number of rotatable bonds is 6. The smallest absolute Gasteiger partial charge is 0.172 e. The van der Waals surface area contributed by atoms with Gasteiger partial charge < -0.3 is 10.6 Å². The summed E-state index contributed by atoms with van der Waals surface area (Å²) in [4.78, 5) is 6.36. The maximum absolute atomic E-state index is 6.45. The molecule has 2 atom stereocenters. The van der Waals surface area contributed by atoms with Crippen LogP contribution in [0.1, 0.15) is 25.7 Å². The van der Waals surface area contributed by atoms with Crippen molar-refractivity contribution in [2.75, 3.05) is 24.2 Å². The zero-order chi connectivity index (χ0) is 21.2. The van der Waals surface area contributed by atoms with E-state index >= 15 is 0 Å². The highest BCUT2D eigenvalue weighted by atomic mass is 79.9. The van der Waals surface area contributed by atoms with Crippen molar-refractivity contribution in [1.82, 2.24) is 19.9 Å². The number of thioether (sulfide) groups is 1. The summed E-state index contributed by atoms with van der Waals surface area (Å²) < 4.78 is 2.73. The average Bonchev–Trinajstić information content (AvgIpc) is 3.43. The van der Waals surface area contributed by atoms with Gasteiger partial charge in [-0.05, 0) is 65.0 Å². The maximum Gasteiger partial charge on any atom is 0.172 e. The van der Waals surface area contributed by atoms with Gasteiger partial charge in [0.25, 0.3) is 0 Å². The highest BCUT2D eigenvalue weighted by Gasteiger charge is 2.23.